The molecule has 4 aliphatic rings. The van der Waals surface area contributed by atoms with Gasteiger partial charge in [0.15, 0.2) is 0 Å². The van der Waals surface area contributed by atoms with Crippen LogP contribution in [0.3, 0.4) is 0 Å². The monoisotopic (exact) mass is 867 g/mol. The van der Waals surface area contributed by atoms with Crippen molar-refractivity contribution in [2.45, 2.75) is 43.9 Å². The quantitative estimate of drug-likeness (QED) is 0.167. The fraction of sp³-hybridized carbons (Fsp3) is 0.104. The van der Waals surface area contributed by atoms with Gasteiger partial charge in [0.05, 0.1) is 11.1 Å². The van der Waals surface area contributed by atoms with Crippen molar-refractivity contribution in [1.82, 2.24) is 0 Å². The summed E-state index contributed by atoms with van der Waals surface area (Å²) in [6, 6.07) is 84.9. The summed E-state index contributed by atoms with van der Waals surface area (Å²) in [6.45, 7) is 9.54. The maximum atomic E-state index is 2.54. The topological polar surface area (TPSA) is 3.24 Å². The van der Waals surface area contributed by atoms with E-state index in [0.29, 0.717) is 0 Å². The number of hydrogen-bond donors (Lipinski definition) is 0. The highest BCUT2D eigenvalue weighted by Crippen LogP contribution is 2.65. The van der Waals surface area contributed by atoms with Gasteiger partial charge in [0.25, 0.3) is 0 Å². The number of anilines is 3. The fourth-order valence-electron chi connectivity index (χ4n) is 13.1. The Morgan fingerprint density at radius 3 is 1.26 bits per heavy atom. The van der Waals surface area contributed by atoms with Crippen molar-refractivity contribution in [3.8, 4) is 66.8 Å². The van der Waals surface area contributed by atoms with Crippen LogP contribution in [0.1, 0.15) is 72.2 Å². The molecule has 0 amide bonds. The first-order valence-electron chi connectivity index (χ1n) is 24.2. The van der Waals surface area contributed by atoms with E-state index >= 15 is 0 Å². The van der Waals surface area contributed by atoms with Crippen LogP contribution in [0.25, 0.3) is 66.8 Å². The summed E-state index contributed by atoms with van der Waals surface area (Å²) in [7, 11) is 0. The molecule has 0 aliphatic heterocycles. The lowest BCUT2D eigenvalue weighted by atomic mass is 9.70. The zero-order valence-corrected chi connectivity index (χ0v) is 38.8. The number of benzene rings is 10. The van der Waals surface area contributed by atoms with Crippen molar-refractivity contribution in [2.24, 2.45) is 0 Å². The van der Waals surface area contributed by atoms with Crippen LogP contribution in [0, 0.1) is 0 Å². The number of rotatable bonds is 5. The predicted octanol–water partition coefficient (Wildman–Crippen LogP) is 17.4. The van der Waals surface area contributed by atoms with E-state index < -0.39 is 5.41 Å². The van der Waals surface area contributed by atoms with E-state index in [2.05, 4.69) is 257 Å². The van der Waals surface area contributed by atoms with Gasteiger partial charge in [0.2, 0.25) is 0 Å². The second-order valence-corrected chi connectivity index (χ2v) is 20.4. The smallest absolute Gasteiger partial charge is 0.0726 e. The molecule has 0 fully saturated rings. The molecule has 0 unspecified atom stereocenters. The standard InChI is InChI=1S/C67H49N/c1-65(2)55-23-12-8-19-48(55)51-36-32-45(40-60(51)65)43-29-33-46(34-30-43)68(47-35-38-53-52-37-31-44(42-17-6-5-7-18-42)39-61(52)66(3,4)62(53)41-47)63-28-16-27-59-64(63)54-22-11-15-26-58(54)67(59)56-24-13-9-20-49(56)50-21-10-14-25-57(50)67/h5-41H,1-4H3. The zero-order chi connectivity index (χ0) is 45.5. The minimum Gasteiger partial charge on any atom is -0.310 e. The van der Waals surface area contributed by atoms with E-state index in [1.165, 1.54) is 117 Å². The maximum Gasteiger partial charge on any atom is 0.0726 e. The Hall–Kier alpha value is -8.00. The maximum absolute atomic E-state index is 2.54. The molecule has 0 N–H and O–H groups in total. The van der Waals surface area contributed by atoms with Gasteiger partial charge in [-0.15, -0.1) is 0 Å². The molecular formula is C67H49N. The third-order valence-electron chi connectivity index (χ3n) is 16.3. The molecule has 1 heteroatoms. The largest absolute Gasteiger partial charge is 0.310 e. The molecule has 0 heterocycles. The minimum atomic E-state index is -0.441. The molecule has 0 radical (unpaired) electrons. The van der Waals surface area contributed by atoms with Crippen LogP contribution in [0.2, 0.25) is 0 Å². The lowest BCUT2D eigenvalue weighted by Gasteiger charge is -2.32. The molecule has 10 aromatic carbocycles. The Bertz CT molecular complexity index is 3690. The van der Waals surface area contributed by atoms with Crippen molar-refractivity contribution in [3.63, 3.8) is 0 Å². The average Bonchev–Trinajstić information content (AvgIpc) is 4.02. The zero-order valence-electron chi connectivity index (χ0n) is 38.8. The summed E-state index contributed by atoms with van der Waals surface area (Å²) in [4.78, 5) is 2.54. The van der Waals surface area contributed by atoms with Crippen molar-refractivity contribution in [1.29, 1.82) is 0 Å². The van der Waals surface area contributed by atoms with Gasteiger partial charge in [-0.3, -0.25) is 0 Å². The van der Waals surface area contributed by atoms with E-state index in [9.17, 15) is 0 Å². The third-order valence-corrected chi connectivity index (χ3v) is 16.3. The van der Waals surface area contributed by atoms with Crippen molar-refractivity contribution < 1.29 is 0 Å². The molecule has 0 atom stereocenters. The minimum absolute atomic E-state index is 0.0650. The summed E-state index contributed by atoms with van der Waals surface area (Å²) in [5.41, 5.74) is 29.1. The predicted molar refractivity (Wildman–Crippen MR) is 283 cm³/mol. The summed E-state index contributed by atoms with van der Waals surface area (Å²) >= 11 is 0. The highest BCUT2D eigenvalue weighted by molar-refractivity contribution is 6.01. The Balaban J connectivity index is 0.962. The Morgan fingerprint density at radius 2 is 0.662 bits per heavy atom. The molecular weight excluding hydrogens is 819 g/mol. The van der Waals surface area contributed by atoms with Crippen molar-refractivity contribution in [3.05, 3.63) is 269 Å². The summed E-state index contributed by atoms with van der Waals surface area (Å²) in [5.74, 6) is 0. The molecule has 14 rings (SSSR count). The molecule has 0 aromatic heterocycles. The van der Waals surface area contributed by atoms with Crippen LogP contribution in [-0.4, -0.2) is 0 Å². The molecule has 68 heavy (non-hydrogen) atoms. The van der Waals surface area contributed by atoms with Crippen LogP contribution in [-0.2, 0) is 16.2 Å². The number of fused-ring (bicyclic) bond motifs is 16. The average molecular weight is 868 g/mol. The van der Waals surface area contributed by atoms with Gasteiger partial charge in [-0.1, -0.05) is 210 Å². The van der Waals surface area contributed by atoms with Crippen LogP contribution < -0.4 is 4.90 Å². The van der Waals surface area contributed by atoms with Gasteiger partial charge in [-0.25, -0.2) is 0 Å². The molecule has 0 bridgehead atoms. The highest BCUT2D eigenvalue weighted by atomic mass is 15.1. The SMILES string of the molecule is CC1(C)c2ccccc2-c2ccc(-c3ccc(N(c4ccc5c(c4)C(C)(C)c4cc(-c6ccccc6)ccc4-5)c4cccc5c4-c4ccccc4C54c5ccccc5-c5ccccc54)cc3)cc21. The van der Waals surface area contributed by atoms with E-state index in [0.717, 1.165) is 11.4 Å². The third kappa shape index (κ3) is 5.17. The van der Waals surface area contributed by atoms with Crippen LogP contribution in [0.5, 0.6) is 0 Å². The second-order valence-electron chi connectivity index (χ2n) is 20.4. The van der Waals surface area contributed by atoms with Crippen LogP contribution >= 0.6 is 0 Å². The Kier molecular flexibility index (Phi) is 8.08. The highest BCUT2D eigenvalue weighted by Gasteiger charge is 2.52. The van der Waals surface area contributed by atoms with Gasteiger partial charge in [0, 0.05) is 27.8 Å². The molecule has 0 saturated heterocycles. The molecule has 1 spiro atoms. The van der Waals surface area contributed by atoms with Gasteiger partial charge in [-0.2, -0.15) is 0 Å². The normalized spacial score (nSPS) is 15.1. The first-order chi connectivity index (χ1) is 33.2. The fourth-order valence-corrected chi connectivity index (χ4v) is 13.1. The van der Waals surface area contributed by atoms with Gasteiger partial charge in [-0.05, 0) is 148 Å². The number of nitrogens with zero attached hydrogens (tertiary/aromatic N) is 1. The lowest BCUT2D eigenvalue weighted by molar-refractivity contribution is 0.660. The summed E-state index contributed by atoms with van der Waals surface area (Å²) in [5, 5.41) is 0. The Labute approximate surface area is 399 Å². The van der Waals surface area contributed by atoms with E-state index in [4.69, 9.17) is 0 Å². The van der Waals surface area contributed by atoms with Gasteiger partial charge >= 0.3 is 0 Å². The second kappa shape index (κ2) is 14.0. The van der Waals surface area contributed by atoms with Crippen molar-refractivity contribution in [2.75, 3.05) is 4.90 Å². The van der Waals surface area contributed by atoms with Crippen molar-refractivity contribution >= 4 is 17.1 Å². The lowest BCUT2D eigenvalue weighted by Crippen LogP contribution is -2.26. The van der Waals surface area contributed by atoms with Crippen LogP contribution in [0.15, 0.2) is 224 Å². The molecule has 10 aromatic rings. The molecule has 322 valence electrons. The van der Waals surface area contributed by atoms with Crippen LogP contribution in [0.4, 0.5) is 17.1 Å². The summed E-state index contributed by atoms with van der Waals surface area (Å²) < 4.78 is 0. The van der Waals surface area contributed by atoms with Gasteiger partial charge < -0.3 is 4.90 Å². The molecule has 4 aliphatic carbocycles. The van der Waals surface area contributed by atoms with Gasteiger partial charge in [0.1, 0.15) is 0 Å². The first kappa shape index (κ1) is 39.2. The Morgan fingerprint density at radius 1 is 0.265 bits per heavy atom. The molecule has 0 saturated carbocycles. The summed E-state index contributed by atoms with van der Waals surface area (Å²) in [6.07, 6.45) is 0. The number of hydrogen-bond acceptors (Lipinski definition) is 1. The van der Waals surface area contributed by atoms with E-state index in [1.807, 2.05) is 0 Å². The molecule has 1 nitrogen and oxygen atoms in total. The van der Waals surface area contributed by atoms with E-state index in [1.54, 1.807) is 0 Å². The van der Waals surface area contributed by atoms with E-state index in [-0.39, 0.29) is 10.8 Å². The first-order valence-corrected chi connectivity index (χ1v) is 24.2.